The molecule has 152 valence electrons. The monoisotopic (exact) mass is 369 g/mol. The molecule has 2 unspecified atom stereocenters. The van der Waals surface area contributed by atoms with E-state index in [1.165, 1.54) is 76.3 Å². The lowest BCUT2D eigenvalue weighted by molar-refractivity contribution is -0.950. The van der Waals surface area contributed by atoms with Gasteiger partial charge in [0.25, 0.3) is 0 Å². The van der Waals surface area contributed by atoms with Crippen LogP contribution >= 0.6 is 0 Å². The van der Waals surface area contributed by atoms with Crippen LogP contribution in [0.3, 0.4) is 0 Å². The molecule has 2 aliphatic heterocycles. The lowest BCUT2D eigenvalue weighted by atomic mass is 10.1. The van der Waals surface area contributed by atoms with E-state index in [0.717, 1.165) is 32.2 Å². The summed E-state index contributed by atoms with van der Waals surface area (Å²) >= 11 is 0. The maximum absolute atomic E-state index is 11.5. The van der Waals surface area contributed by atoms with Gasteiger partial charge >= 0.3 is 5.97 Å². The second-order valence-corrected chi connectivity index (χ2v) is 8.31. The van der Waals surface area contributed by atoms with Crippen molar-refractivity contribution in [1.29, 1.82) is 0 Å². The minimum atomic E-state index is -0.119. The van der Waals surface area contributed by atoms with Crippen LogP contribution in [0, 0.1) is 0 Å². The summed E-state index contributed by atoms with van der Waals surface area (Å²) in [6.07, 6.45) is 10.2. The number of fused-ring (bicyclic) bond motifs is 1. The Labute approximate surface area is 160 Å². The SMILES string of the molecule is COC(=O)CCN(CCCN)CCC[N+]1(C)CCCN2CCCCCC21. The number of esters is 1. The van der Waals surface area contributed by atoms with Gasteiger partial charge in [0.1, 0.15) is 6.17 Å². The summed E-state index contributed by atoms with van der Waals surface area (Å²) in [6.45, 7) is 8.65. The quantitative estimate of drug-likeness (QED) is 0.469. The highest BCUT2D eigenvalue weighted by Crippen LogP contribution is 2.29. The van der Waals surface area contributed by atoms with Crippen LogP contribution in [0.25, 0.3) is 0 Å². The van der Waals surface area contributed by atoms with Crippen molar-refractivity contribution in [3.05, 3.63) is 0 Å². The third kappa shape index (κ3) is 6.48. The first-order valence-corrected chi connectivity index (χ1v) is 10.7. The zero-order valence-corrected chi connectivity index (χ0v) is 17.1. The van der Waals surface area contributed by atoms with Gasteiger partial charge in [-0.1, -0.05) is 6.42 Å². The number of carbonyl (C=O) groups is 1. The molecule has 0 amide bonds. The number of ether oxygens (including phenoxy) is 1. The standard InChI is InChI=1S/C20H41N4O2/c1-24(18-8-15-23-14-5-3-4-9-19(23)24)17-7-13-22(12-6-11-21)16-10-20(25)26-2/h19H,3-18,21H2,1-2H3/q+1. The molecule has 2 atom stereocenters. The van der Waals surface area contributed by atoms with Crippen molar-refractivity contribution < 1.29 is 14.0 Å². The van der Waals surface area contributed by atoms with Crippen molar-refractivity contribution in [1.82, 2.24) is 9.80 Å². The topological polar surface area (TPSA) is 58.8 Å². The Morgan fingerprint density at radius 1 is 1.15 bits per heavy atom. The van der Waals surface area contributed by atoms with E-state index in [9.17, 15) is 4.79 Å². The Morgan fingerprint density at radius 2 is 1.92 bits per heavy atom. The van der Waals surface area contributed by atoms with Gasteiger partial charge in [-0.2, -0.15) is 0 Å². The summed E-state index contributed by atoms with van der Waals surface area (Å²) < 4.78 is 6.00. The number of methoxy groups -OCH3 is 1. The summed E-state index contributed by atoms with van der Waals surface area (Å²) in [5, 5.41) is 0. The van der Waals surface area contributed by atoms with Crippen LogP contribution in [-0.2, 0) is 9.53 Å². The summed E-state index contributed by atoms with van der Waals surface area (Å²) in [6, 6.07) is 0. The third-order valence-corrected chi connectivity index (χ3v) is 6.34. The summed E-state index contributed by atoms with van der Waals surface area (Å²) in [5.74, 6) is -0.119. The largest absolute Gasteiger partial charge is 0.469 e. The molecule has 0 aliphatic carbocycles. The van der Waals surface area contributed by atoms with E-state index in [1.54, 1.807) is 0 Å². The molecule has 2 aliphatic rings. The smallest absolute Gasteiger partial charge is 0.306 e. The highest BCUT2D eigenvalue weighted by Gasteiger charge is 2.40. The van der Waals surface area contributed by atoms with Crippen molar-refractivity contribution in [2.24, 2.45) is 5.73 Å². The fourth-order valence-electron chi connectivity index (χ4n) is 4.82. The molecule has 0 radical (unpaired) electrons. The molecule has 2 fully saturated rings. The summed E-state index contributed by atoms with van der Waals surface area (Å²) in [7, 11) is 3.94. The number of nitrogens with two attached hydrogens (primary N) is 1. The van der Waals surface area contributed by atoms with E-state index < -0.39 is 0 Å². The van der Waals surface area contributed by atoms with Gasteiger partial charge in [-0.15, -0.1) is 0 Å². The predicted octanol–water partition coefficient (Wildman–Crippen LogP) is 1.64. The molecular weight excluding hydrogens is 328 g/mol. The van der Waals surface area contributed by atoms with E-state index in [0.29, 0.717) is 13.0 Å². The average molecular weight is 370 g/mol. The zero-order chi connectivity index (χ0) is 18.8. The van der Waals surface area contributed by atoms with Crippen LogP contribution < -0.4 is 5.73 Å². The summed E-state index contributed by atoms with van der Waals surface area (Å²) in [5.41, 5.74) is 5.69. The van der Waals surface area contributed by atoms with Gasteiger partial charge in [-0.3, -0.25) is 9.69 Å². The molecule has 0 aromatic rings. The van der Waals surface area contributed by atoms with Crippen molar-refractivity contribution in [2.45, 2.75) is 57.5 Å². The van der Waals surface area contributed by atoms with Gasteiger partial charge in [-0.25, -0.2) is 0 Å². The first kappa shape index (κ1) is 21.6. The van der Waals surface area contributed by atoms with Gasteiger partial charge in [-0.05, 0) is 32.4 Å². The highest BCUT2D eigenvalue weighted by atomic mass is 16.5. The molecule has 0 spiro atoms. The minimum absolute atomic E-state index is 0.119. The van der Waals surface area contributed by atoms with E-state index in [2.05, 4.69) is 16.8 Å². The fourth-order valence-corrected chi connectivity index (χ4v) is 4.82. The molecule has 2 heterocycles. The van der Waals surface area contributed by atoms with E-state index in [-0.39, 0.29) is 5.97 Å². The first-order valence-electron chi connectivity index (χ1n) is 10.7. The molecular formula is C20H41N4O2+. The molecule has 2 N–H and O–H groups in total. The van der Waals surface area contributed by atoms with Crippen LogP contribution in [0.1, 0.15) is 51.4 Å². The van der Waals surface area contributed by atoms with Crippen LogP contribution in [-0.4, -0.2) is 92.9 Å². The second-order valence-electron chi connectivity index (χ2n) is 8.31. The highest BCUT2D eigenvalue weighted by molar-refractivity contribution is 5.69. The molecule has 0 bridgehead atoms. The molecule has 6 nitrogen and oxygen atoms in total. The number of hydrogen-bond donors (Lipinski definition) is 1. The van der Waals surface area contributed by atoms with Gasteiger partial charge < -0.3 is 19.9 Å². The maximum atomic E-state index is 11.5. The van der Waals surface area contributed by atoms with Crippen LogP contribution in [0.4, 0.5) is 0 Å². The molecule has 26 heavy (non-hydrogen) atoms. The number of nitrogens with zero attached hydrogens (tertiary/aromatic N) is 3. The average Bonchev–Trinajstić information content (AvgIpc) is 2.90. The van der Waals surface area contributed by atoms with E-state index in [1.807, 2.05) is 0 Å². The predicted molar refractivity (Wildman–Crippen MR) is 106 cm³/mol. The van der Waals surface area contributed by atoms with Gasteiger partial charge in [0, 0.05) is 45.4 Å². The van der Waals surface area contributed by atoms with Gasteiger partial charge in [0.05, 0.1) is 33.7 Å². The first-order chi connectivity index (χ1) is 12.6. The van der Waals surface area contributed by atoms with E-state index >= 15 is 0 Å². The number of rotatable bonds is 10. The maximum Gasteiger partial charge on any atom is 0.306 e. The molecule has 2 rings (SSSR count). The lowest BCUT2D eigenvalue weighted by Crippen LogP contribution is -2.64. The number of carbonyl (C=O) groups excluding carboxylic acids is 1. The Bertz CT molecular complexity index is 421. The fraction of sp³-hybridized carbons (Fsp3) is 0.950. The summed E-state index contributed by atoms with van der Waals surface area (Å²) in [4.78, 5) is 16.6. The van der Waals surface area contributed by atoms with Crippen molar-refractivity contribution in [3.63, 3.8) is 0 Å². The Hall–Kier alpha value is -0.690. The number of hydrogen-bond acceptors (Lipinski definition) is 5. The van der Waals surface area contributed by atoms with Crippen molar-refractivity contribution in [3.8, 4) is 0 Å². The lowest BCUT2D eigenvalue weighted by Gasteiger charge is -2.50. The van der Waals surface area contributed by atoms with Gasteiger partial charge in [0.2, 0.25) is 0 Å². The van der Waals surface area contributed by atoms with Crippen LogP contribution in [0.2, 0.25) is 0 Å². The molecule has 6 heteroatoms. The molecule has 2 saturated heterocycles. The zero-order valence-electron chi connectivity index (χ0n) is 17.1. The van der Waals surface area contributed by atoms with Gasteiger partial charge in [0.15, 0.2) is 0 Å². The van der Waals surface area contributed by atoms with Crippen LogP contribution in [0.15, 0.2) is 0 Å². The molecule has 0 saturated carbocycles. The van der Waals surface area contributed by atoms with Crippen molar-refractivity contribution >= 4 is 5.97 Å². The third-order valence-electron chi connectivity index (χ3n) is 6.34. The van der Waals surface area contributed by atoms with Crippen LogP contribution in [0.5, 0.6) is 0 Å². The Morgan fingerprint density at radius 3 is 2.69 bits per heavy atom. The van der Waals surface area contributed by atoms with Crippen molar-refractivity contribution in [2.75, 3.05) is 66.5 Å². The normalized spacial score (nSPS) is 27.2. The number of quaternary nitrogens is 1. The molecule has 0 aromatic heterocycles. The Kier molecular flexibility index (Phi) is 9.33. The minimum Gasteiger partial charge on any atom is -0.469 e. The van der Waals surface area contributed by atoms with E-state index in [4.69, 9.17) is 10.5 Å². The molecule has 0 aromatic carbocycles. The second kappa shape index (κ2) is 11.2. The Balaban J connectivity index is 1.84.